The molecule has 1 aromatic rings. The Bertz CT molecular complexity index is 548. The smallest absolute Gasteiger partial charge is 0.265 e. The van der Waals surface area contributed by atoms with E-state index in [0.717, 1.165) is 18.0 Å². The first-order valence-corrected chi connectivity index (χ1v) is 8.68. The number of nitrogens with zero attached hydrogens (tertiary/aromatic N) is 3. The molecule has 1 fully saturated rings. The molecule has 0 bridgehead atoms. The molecule has 0 N–H and O–H groups in total. The number of thiazole rings is 1. The molecule has 22 heavy (non-hydrogen) atoms. The molecule has 0 spiro atoms. The Morgan fingerprint density at radius 1 is 1.18 bits per heavy atom. The molecule has 1 saturated heterocycles. The number of carbonyl (C=O) groups excluding carboxylic acids is 2. The van der Waals surface area contributed by atoms with Gasteiger partial charge in [-0.3, -0.25) is 9.59 Å². The largest absolute Gasteiger partial charge is 0.341 e. The van der Waals surface area contributed by atoms with Gasteiger partial charge in [-0.05, 0) is 6.42 Å². The van der Waals surface area contributed by atoms with Crippen LogP contribution in [0.15, 0.2) is 6.20 Å². The van der Waals surface area contributed by atoms with Crippen LogP contribution >= 0.6 is 11.3 Å². The highest BCUT2D eigenvalue weighted by Crippen LogP contribution is 2.27. The van der Waals surface area contributed by atoms with Crippen LogP contribution in [0.5, 0.6) is 0 Å². The standard InChI is InChI=1S/C16H25N3O2S/c1-5-13(20)18-7-6-8-19(10-9-18)14(21)12-11-17-15(22-12)16(2,3)4/h11H,5-10H2,1-4H3. The normalized spacial score (nSPS) is 16.5. The van der Waals surface area contributed by atoms with Crippen molar-refractivity contribution in [2.24, 2.45) is 0 Å². The highest BCUT2D eigenvalue weighted by Gasteiger charge is 2.25. The quantitative estimate of drug-likeness (QED) is 0.840. The minimum Gasteiger partial charge on any atom is -0.341 e. The first-order chi connectivity index (χ1) is 10.3. The number of rotatable bonds is 2. The number of hydrogen-bond donors (Lipinski definition) is 0. The molecule has 0 saturated carbocycles. The summed E-state index contributed by atoms with van der Waals surface area (Å²) in [5.41, 5.74) is -0.0354. The van der Waals surface area contributed by atoms with Crippen LogP contribution in [-0.4, -0.2) is 52.8 Å². The van der Waals surface area contributed by atoms with Crippen LogP contribution in [-0.2, 0) is 10.2 Å². The van der Waals surface area contributed by atoms with E-state index in [9.17, 15) is 9.59 Å². The average Bonchev–Trinajstić information content (AvgIpc) is 2.85. The molecule has 1 aromatic heterocycles. The lowest BCUT2D eigenvalue weighted by Gasteiger charge is -2.21. The molecule has 0 atom stereocenters. The molecular formula is C16H25N3O2S. The molecular weight excluding hydrogens is 298 g/mol. The third-order valence-electron chi connectivity index (χ3n) is 3.80. The third-order valence-corrected chi connectivity index (χ3v) is 5.21. The van der Waals surface area contributed by atoms with Crippen molar-refractivity contribution in [3.63, 3.8) is 0 Å². The van der Waals surface area contributed by atoms with E-state index in [1.54, 1.807) is 6.20 Å². The van der Waals surface area contributed by atoms with Gasteiger partial charge in [-0.1, -0.05) is 27.7 Å². The fourth-order valence-corrected chi connectivity index (χ4v) is 3.41. The van der Waals surface area contributed by atoms with E-state index in [1.165, 1.54) is 11.3 Å². The van der Waals surface area contributed by atoms with Crippen molar-refractivity contribution in [2.75, 3.05) is 26.2 Å². The molecule has 0 aromatic carbocycles. The Hall–Kier alpha value is -1.43. The summed E-state index contributed by atoms with van der Waals surface area (Å²) in [6, 6.07) is 0. The lowest BCUT2D eigenvalue weighted by atomic mass is 9.98. The second-order valence-corrected chi connectivity index (χ2v) is 7.69. The molecule has 0 aliphatic carbocycles. The molecule has 0 radical (unpaired) electrons. The van der Waals surface area contributed by atoms with Crippen molar-refractivity contribution in [1.82, 2.24) is 14.8 Å². The molecule has 1 aliphatic heterocycles. The fourth-order valence-electron chi connectivity index (χ4n) is 2.47. The van der Waals surface area contributed by atoms with Crippen LogP contribution in [0, 0.1) is 0 Å². The fraction of sp³-hybridized carbons (Fsp3) is 0.688. The summed E-state index contributed by atoms with van der Waals surface area (Å²) < 4.78 is 0. The van der Waals surface area contributed by atoms with Gasteiger partial charge in [0.25, 0.3) is 5.91 Å². The average molecular weight is 323 g/mol. The van der Waals surface area contributed by atoms with Gasteiger partial charge >= 0.3 is 0 Å². The molecule has 0 unspecified atom stereocenters. The molecule has 1 aliphatic rings. The van der Waals surface area contributed by atoms with E-state index in [-0.39, 0.29) is 17.2 Å². The monoisotopic (exact) mass is 323 g/mol. The van der Waals surface area contributed by atoms with Crippen LogP contribution in [0.3, 0.4) is 0 Å². The van der Waals surface area contributed by atoms with E-state index in [0.29, 0.717) is 30.9 Å². The molecule has 5 nitrogen and oxygen atoms in total. The van der Waals surface area contributed by atoms with Gasteiger partial charge in [0, 0.05) is 38.0 Å². The van der Waals surface area contributed by atoms with E-state index >= 15 is 0 Å². The van der Waals surface area contributed by atoms with Gasteiger partial charge in [0.15, 0.2) is 0 Å². The Morgan fingerprint density at radius 2 is 1.82 bits per heavy atom. The van der Waals surface area contributed by atoms with E-state index < -0.39 is 0 Å². The zero-order valence-electron chi connectivity index (χ0n) is 13.9. The molecule has 2 heterocycles. The molecule has 122 valence electrons. The van der Waals surface area contributed by atoms with E-state index in [2.05, 4.69) is 25.8 Å². The van der Waals surface area contributed by atoms with E-state index in [1.807, 2.05) is 16.7 Å². The summed E-state index contributed by atoms with van der Waals surface area (Å²) in [5, 5.41) is 0.980. The van der Waals surface area contributed by atoms with Crippen LogP contribution in [0.25, 0.3) is 0 Å². The summed E-state index contributed by atoms with van der Waals surface area (Å²) in [5.74, 6) is 0.209. The lowest BCUT2D eigenvalue weighted by Crippen LogP contribution is -2.36. The molecule has 2 rings (SSSR count). The van der Waals surface area contributed by atoms with Crippen molar-refractivity contribution in [3.05, 3.63) is 16.1 Å². The van der Waals surface area contributed by atoms with Crippen LogP contribution in [0.2, 0.25) is 0 Å². The SMILES string of the molecule is CCC(=O)N1CCCN(C(=O)c2cnc(C(C)(C)C)s2)CC1. The van der Waals surface area contributed by atoms with Crippen LogP contribution in [0.4, 0.5) is 0 Å². The molecule has 2 amide bonds. The van der Waals surface area contributed by atoms with Crippen LogP contribution < -0.4 is 0 Å². The van der Waals surface area contributed by atoms with Gasteiger partial charge in [-0.25, -0.2) is 4.98 Å². The Kier molecular flexibility index (Phi) is 5.21. The number of carbonyl (C=O) groups is 2. The first-order valence-electron chi connectivity index (χ1n) is 7.86. The maximum atomic E-state index is 12.6. The predicted octanol–water partition coefficient (Wildman–Crippen LogP) is 2.53. The van der Waals surface area contributed by atoms with Gasteiger partial charge in [0.05, 0.1) is 11.2 Å². The first kappa shape index (κ1) is 16.9. The van der Waals surface area contributed by atoms with Gasteiger partial charge in [-0.2, -0.15) is 0 Å². The van der Waals surface area contributed by atoms with Crippen LogP contribution in [0.1, 0.15) is 55.2 Å². The summed E-state index contributed by atoms with van der Waals surface area (Å²) in [7, 11) is 0. The zero-order chi connectivity index (χ0) is 16.3. The summed E-state index contributed by atoms with van der Waals surface area (Å²) in [4.78, 5) is 33.2. The second kappa shape index (κ2) is 6.77. The van der Waals surface area contributed by atoms with Gasteiger partial charge in [0.2, 0.25) is 5.91 Å². The molecule has 6 heteroatoms. The third kappa shape index (κ3) is 3.85. The van der Waals surface area contributed by atoms with Crippen molar-refractivity contribution in [2.45, 2.75) is 46.0 Å². The van der Waals surface area contributed by atoms with Gasteiger partial charge in [0.1, 0.15) is 4.88 Å². The highest BCUT2D eigenvalue weighted by molar-refractivity contribution is 7.13. The van der Waals surface area contributed by atoms with Crippen molar-refractivity contribution < 1.29 is 9.59 Å². The van der Waals surface area contributed by atoms with Gasteiger partial charge in [-0.15, -0.1) is 11.3 Å². The summed E-state index contributed by atoms with van der Waals surface area (Å²) in [6.45, 7) is 10.8. The second-order valence-electron chi connectivity index (χ2n) is 6.66. The van der Waals surface area contributed by atoms with Crippen molar-refractivity contribution in [3.8, 4) is 0 Å². The Balaban J connectivity index is 2.04. The lowest BCUT2D eigenvalue weighted by molar-refractivity contribution is -0.130. The van der Waals surface area contributed by atoms with Crippen molar-refractivity contribution in [1.29, 1.82) is 0 Å². The topological polar surface area (TPSA) is 53.5 Å². The number of hydrogen-bond acceptors (Lipinski definition) is 4. The summed E-state index contributed by atoms with van der Waals surface area (Å²) in [6.07, 6.45) is 3.05. The van der Waals surface area contributed by atoms with E-state index in [4.69, 9.17) is 0 Å². The van der Waals surface area contributed by atoms with Crippen molar-refractivity contribution >= 4 is 23.2 Å². The predicted molar refractivity (Wildman–Crippen MR) is 88.2 cm³/mol. The minimum absolute atomic E-state index is 0.0354. The zero-order valence-corrected chi connectivity index (χ0v) is 14.7. The highest BCUT2D eigenvalue weighted by atomic mass is 32.1. The maximum Gasteiger partial charge on any atom is 0.265 e. The van der Waals surface area contributed by atoms with Gasteiger partial charge < -0.3 is 9.80 Å². The maximum absolute atomic E-state index is 12.6. The number of aromatic nitrogens is 1. The number of amides is 2. The Morgan fingerprint density at radius 3 is 2.41 bits per heavy atom. The minimum atomic E-state index is -0.0354. The summed E-state index contributed by atoms with van der Waals surface area (Å²) >= 11 is 1.48. The Labute approximate surface area is 136 Å².